The molecule has 0 unspecified atom stereocenters. The zero-order valence-electron chi connectivity index (χ0n) is 15.2. The number of rotatable bonds is 16. The summed E-state index contributed by atoms with van der Waals surface area (Å²) in [5.41, 5.74) is 0.117. The lowest BCUT2D eigenvalue weighted by molar-refractivity contribution is -0.0804. The predicted octanol–water partition coefficient (Wildman–Crippen LogP) is 6.13. The monoisotopic (exact) mass is 300 g/mol. The van der Waals surface area contributed by atoms with Gasteiger partial charge in [-0.1, -0.05) is 78.6 Å². The normalized spacial score (nSPS) is 12.0. The van der Waals surface area contributed by atoms with E-state index in [1.807, 2.05) is 0 Å². The largest absolute Gasteiger partial charge is 0.382 e. The fourth-order valence-electron chi connectivity index (χ4n) is 3.25. The molecule has 21 heavy (non-hydrogen) atoms. The van der Waals surface area contributed by atoms with Gasteiger partial charge >= 0.3 is 0 Å². The average molecular weight is 301 g/mol. The molecule has 0 aliphatic rings. The molecule has 2 heteroatoms. The maximum atomic E-state index is 6.27. The van der Waals surface area contributed by atoms with E-state index in [2.05, 4.69) is 20.8 Å². The minimum absolute atomic E-state index is 0.117. The molecule has 0 atom stereocenters. The summed E-state index contributed by atoms with van der Waals surface area (Å²) in [5, 5.41) is 0. The summed E-state index contributed by atoms with van der Waals surface area (Å²) < 4.78 is 11.4. The molecule has 0 heterocycles. The number of unbranched alkanes of at least 4 members (excludes halogenated alkanes) is 6. The van der Waals surface area contributed by atoms with Crippen LogP contribution < -0.4 is 0 Å². The van der Waals surface area contributed by atoms with Crippen molar-refractivity contribution in [3.05, 3.63) is 0 Å². The van der Waals surface area contributed by atoms with Crippen molar-refractivity contribution in [3.63, 3.8) is 0 Å². The van der Waals surface area contributed by atoms with Crippen LogP contribution in [0.15, 0.2) is 0 Å². The maximum Gasteiger partial charge on any atom is 0.0707 e. The molecule has 0 aliphatic heterocycles. The third kappa shape index (κ3) is 11.2. The zero-order valence-corrected chi connectivity index (χ0v) is 15.2. The van der Waals surface area contributed by atoms with Gasteiger partial charge in [0.15, 0.2) is 0 Å². The highest BCUT2D eigenvalue weighted by molar-refractivity contribution is 4.80. The van der Waals surface area contributed by atoms with E-state index in [0.717, 1.165) is 6.61 Å². The molecular weight excluding hydrogens is 260 g/mol. The Bertz CT molecular complexity index is 198. The maximum absolute atomic E-state index is 6.27. The van der Waals surface area contributed by atoms with Crippen LogP contribution >= 0.6 is 0 Å². The lowest BCUT2D eigenvalue weighted by atomic mass is 9.86. The van der Waals surface area contributed by atoms with Gasteiger partial charge in [0.2, 0.25) is 0 Å². The van der Waals surface area contributed by atoms with Crippen molar-refractivity contribution in [2.75, 3.05) is 20.3 Å². The van der Waals surface area contributed by atoms with E-state index in [1.54, 1.807) is 7.11 Å². The van der Waals surface area contributed by atoms with Gasteiger partial charge in [-0.3, -0.25) is 0 Å². The van der Waals surface area contributed by atoms with Crippen molar-refractivity contribution in [1.29, 1.82) is 0 Å². The first-order valence-electron chi connectivity index (χ1n) is 9.37. The first-order chi connectivity index (χ1) is 10.2. The van der Waals surface area contributed by atoms with Crippen LogP contribution in [0.2, 0.25) is 0 Å². The van der Waals surface area contributed by atoms with Crippen LogP contribution in [0.5, 0.6) is 0 Å². The summed E-state index contributed by atoms with van der Waals surface area (Å²) in [7, 11) is 1.75. The van der Waals surface area contributed by atoms with E-state index in [9.17, 15) is 0 Å². The molecule has 0 aromatic heterocycles. The molecular formula is C19H40O2. The van der Waals surface area contributed by atoms with E-state index >= 15 is 0 Å². The summed E-state index contributed by atoms with van der Waals surface area (Å²) in [6, 6.07) is 0. The van der Waals surface area contributed by atoms with Crippen LogP contribution in [-0.2, 0) is 9.47 Å². The average Bonchev–Trinajstić information content (AvgIpc) is 2.47. The fourth-order valence-corrected chi connectivity index (χ4v) is 3.25. The lowest BCUT2D eigenvalue weighted by Gasteiger charge is -2.34. The Morgan fingerprint density at radius 1 is 0.619 bits per heavy atom. The molecule has 0 aliphatic carbocycles. The van der Waals surface area contributed by atoms with Crippen LogP contribution in [0.3, 0.4) is 0 Å². The molecule has 128 valence electrons. The fraction of sp³-hybridized carbons (Fsp3) is 1.00. The molecule has 0 spiro atoms. The molecule has 2 nitrogen and oxygen atoms in total. The lowest BCUT2D eigenvalue weighted by Crippen LogP contribution is -2.34. The highest BCUT2D eigenvalue weighted by Gasteiger charge is 2.28. The van der Waals surface area contributed by atoms with E-state index in [4.69, 9.17) is 9.47 Å². The third-order valence-corrected chi connectivity index (χ3v) is 4.34. The second kappa shape index (κ2) is 14.8. The van der Waals surface area contributed by atoms with Crippen LogP contribution in [0.1, 0.15) is 97.8 Å². The van der Waals surface area contributed by atoms with Crippen molar-refractivity contribution < 1.29 is 9.47 Å². The van der Waals surface area contributed by atoms with Gasteiger partial charge in [-0.15, -0.1) is 0 Å². The summed E-state index contributed by atoms with van der Waals surface area (Å²) in [6.45, 7) is 8.28. The van der Waals surface area contributed by atoms with Gasteiger partial charge in [0.25, 0.3) is 0 Å². The minimum Gasteiger partial charge on any atom is -0.382 e. The molecule has 0 saturated heterocycles. The SMILES string of the molecule is CCCCCCCCCC(CCC)(CCC)OCCOC. The van der Waals surface area contributed by atoms with Crippen molar-refractivity contribution in [1.82, 2.24) is 0 Å². The molecule has 0 saturated carbocycles. The van der Waals surface area contributed by atoms with E-state index in [0.29, 0.717) is 6.61 Å². The van der Waals surface area contributed by atoms with Crippen LogP contribution in [-0.4, -0.2) is 25.9 Å². The first kappa shape index (κ1) is 20.9. The molecule has 0 bridgehead atoms. The molecule has 0 aromatic carbocycles. The Hall–Kier alpha value is -0.0800. The van der Waals surface area contributed by atoms with Gasteiger partial charge < -0.3 is 9.47 Å². The number of hydrogen-bond donors (Lipinski definition) is 0. The Morgan fingerprint density at radius 3 is 1.71 bits per heavy atom. The Balaban J connectivity index is 4.05. The summed E-state index contributed by atoms with van der Waals surface area (Å²) in [5.74, 6) is 0. The standard InChI is InChI=1S/C19H40O2/c1-5-8-9-10-11-12-13-16-19(14-6-2,15-7-3)21-18-17-20-4/h5-18H2,1-4H3. The quantitative estimate of drug-likeness (QED) is 0.319. The Labute approximate surface area is 134 Å². The highest BCUT2D eigenvalue weighted by atomic mass is 16.5. The van der Waals surface area contributed by atoms with Crippen molar-refractivity contribution >= 4 is 0 Å². The second-order valence-electron chi connectivity index (χ2n) is 6.40. The Morgan fingerprint density at radius 2 is 1.19 bits per heavy atom. The number of hydrogen-bond acceptors (Lipinski definition) is 2. The van der Waals surface area contributed by atoms with Gasteiger partial charge in [0.1, 0.15) is 0 Å². The van der Waals surface area contributed by atoms with Gasteiger partial charge in [-0.2, -0.15) is 0 Å². The molecule has 0 amide bonds. The van der Waals surface area contributed by atoms with Gasteiger partial charge in [-0.25, -0.2) is 0 Å². The minimum atomic E-state index is 0.117. The van der Waals surface area contributed by atoms with Crippen molar-refractivity contribution in [2.24, 2.45) is 0 Å². The van der Waals surface area contributed by atoms with E-state index in [-0.39, 0.29) is 5.60 Å². The van der Waals surface area contributed by atoms with Gasteiger partial charge in [0, 0.05) is 7.11 Å². The molecule has 0 fully saturated rings. The number of ether oxygens (including phenoxy) is 2. The van der Waals surface area contributed by atoms with E-state index < -0.39 is 0 Å². The topological polar surface area (TPSA) is 18.5 Å². The van der Waals surface area contributed by atoms with Crippen LogP contribution in [0, 0.1) is 0 Å². The molecule has 0 radical (unpaired) electrons. The molecule has 0 N–H and O–H groups in total. The summed E-state index contributed by atoms with van der Waals surface area (Å²) in [6.07, 6.45) is 15.7. The summed E-state index contributed by atoms with van der Waals surface area (Å²) >= 11 is 0. The Kier molecular flexibility index (Phi) is 14.8. The number of methoxy groups -OCH3 is 1. The van der Waals surface area contributed by atoms with Crippen molar-refractivity contribution in [3.8, 4) is 0 Å². The van der Waals surface area contributed by atoms with Crippen LogP contribution in [0.4, 0.5) is 0 Å². The summed E-state index contributed by atoms with van der Waals surface area (Å²) in [4.78, 5) is 0. The molecule has 0 rings (SSSR count). The first-order valence-corrected chi connectivity index (χ1v) is 9.37. The smallest absolute Gasteiger partial charge is 0.0707 e. The van der Waals surface area contributed by atoms with E-state index in [1.165, 1.54) is 77.0 Å². The van der Waals surface area contributed by atoms with Gasteiger partial charge in [-0.05, 0) is 19.3 Å². The highest BCUT2D eigenvalue weighted by Crippen LogP contribution is 2.30. The third-order valence-electron chi connectivity index (χ3n) is 4.34. The second-order valence-corrected chi connectivity index (χ2v) is 6.40. The van der Waals surface area contributed by atoms with Crippen molar-refractivity contribution in [2.45, 2.75) is 103 Å². The van der Waals surface area contributed by atoms with Crippen LogP contribution in [0.25, 0.3) is 0 Å². The predicted molar refractivity (Wildman–Crippen MR) is 93.0 cm³/mol. The van der Waals surface area contributed by atoms with Gasteiger partial charge in [0.05, 0.1) is 18.8 Å². The zero-order chi connectivity index (χ0) is 15.8. The molecule has 0 aromatic rings.